The number of nitrogens with two attached hydrogens (primary N) is 1. The van der Waals surface area contributed by atoms with E-state index in [9.17, 15) is 4.39 Å². The first-order valence-corrected chi connectivity index (χ1v) is 5.63. The van der Waals surface area contributed by atoms with E-state index in [2.05, 4.69) is 20.9 Å². The first kappa shape index (κ1) is 10.3. The van der Waals surface area contributed by atoms with Crippen LogP contribution >= 0.6 is 15.9 Å². The third-order valence-corrected chi connectivity index (χ3v) is 2.85. The number of rotatable bonds is 1. The highest BCUT2D eigenvalue weighted by atomic mass is 79.9. The molecular formula is C11H7BrFN3O. The standard InChI is InChI=1S/C11H7BrFN3O/c12-8-3-2-7(17-8)10-11(14)16-5-6(13)1-4-9(16)15-10/h1-5H,14H2. The number of imidazole rings is 1. The number of nitrogen functional groups attached to an aromatic ring is 1. The predicted molar refractivity (Wildman–Crippen MR) is 65.0 cm³/mol. The number of aromatic nitrogens is 2. The average molecular weight is 296 g/mol. The van der Waals surface area contributed by atoms with Gasteiger partial charge in [0, 0.05) is 6.20 Å². The van der Waals surface area contributed by atoms with Gasteiger partial charge in [-0.3, -0.25) is 4.40 Å². The van der Waals surface area contributed by atoms with Crippen molar-refractivity contribution in [3.05, 3.63) is 40.9 Å². The number of anilines is 1. The topological polar surface area (TPSA) is 56.5 Å². The Balaban J connectivity index is 2.27. The molecule has 3 heterocycles. The van der Waals surface area contributed by atoms with E-state index in [1.54, 1.807) is 18.2 Å². The Kier molecular flexibility index (Phi) is 2.19. The SMILES string of the molecule is Nc1c(-c2ccc(Br)o2)nc2ccc(F)cn12. The highest BCUT2D eigenvalue weighted by molar-refractivity contribution is 9.10. The zero-order valence-corrected chi connectivity index (χ0v) is 10.1. The Bertz CT molecular complexity index is 704. The normalized spacial score (nSPS) is 11.2. The van der Waals surface area contributed by atoms with E-state index in [0.717, 1.165) is 0 Å². The Morgan fingerprint density at radius 3 is 2.82 bits per heavy atom. The molecule has 0 bridgehead atoms. The van der Waals surface area contributed by atoms with Crippen molar-refractivity contribution < 1.29 is 8.81 Å². The Morgan fingerprint density at radius 1 is 1.29 bits per heavy atom. The van der Waals surface area contributed by atoms with Crippen LogP contribution in [0.25, 0.3) is 17.1 Å². The summed E-state index contributed by atoms with van der Waals surface area (Å²) >= 11 is 3.21. The van der Waals surface area contributed by atoms with Gasteiger partial charge in [-0.25, -0.2) is 9.37 Å². The summed E-state index contributed by atoms with van der Waals surface area (Å²) in [5.74, 6) is 0.522. The maximum absolute atomic E-state index is 13.1. The summed E-state index contributed by atoms with van der Waals surface area (Å²) in [6, 6.07) is 6.40. The van der Waals surface area contributed by atoms with Crippen LogP contribution in [-0.2, 0) is 0 Å². The van der Waals surface area contributed by atoms with Crippen LogP contribution in [0.15, 0.2) is 39.5 Å². The smallest absolute Gasteiger partial charge is 0.169 e. The van der Waals surface area contributed by atoms with Crippen LogP contribution in [0.1, 0.15) is 0 Å². The minimum absolute atomic E-state index is 0.348. The lowest BCUT2D eigenvalue weighted by Gasteiger charge is -1.96. The van der Waals surface area contributed by atoms with Crippen LogP contribution in [0.4, 0.5) is 10.2 Å². The number of hydrogen-bond acceptors (Lipinski definition) is 3. The van der Waals surface area contributed by atoms with Crippen LogP contribution in [-0.4, -0.2) is 9.38 Å². The molecule has 0 saturated heterocycles. The van der Waals surface area contributed by atoms with Crippen LogP contribution in [0.5, 0.6) is 0 Å². The molecule has 17 heavy (non-hydrogen) atoms. The van der Waals surface area contributed by atoms with Crippen LogP contribution < -0.4 is 5.73 Å². The number of hydrogen-bond donors (Lipinski definition) is 1. The average Bonchev–Trinajstić information content (AvgIpc) is 2.84. The largest absolute Gasteiger partial charge is 0.448 e. The lowest BCUT2D eigenvalue weighted by molar-refractivity contribution is 0.554. The number of pyridine rings is 1. The summed E-state index contributed by atoms with van der Waals surface area (Å²) in [6.45, 7) is 0. The number of furan rings is 1. The molecule has 0 atom stereocenters. The quantitative estimate of drug-likeness (QED) is 0.750. The molecule has 0 aliphatic rings. The summed E-state index contributed by atoms with van der Waals surface area (Å²) in [5.41, 5.74) is 6.98. The van der Waals surface area contributed by atoms with E-state index >= 15 is 0 Å². The van der Waals surface area contributed by atoms with Gasteiger partial charge < -0.3 is 10.2 Å². The fourth-order valence-corrected chi connectivity index (χ4v) is 1.97. The molecule has 3 aromatic heterocycles. The van der Waals surface area contributed by atoms with Crippen molar-refractivity contribution in [1.29, 1.82) is 0 Å². The van der Waals surface area contributed by atoms with Crippen LogP contribution in [0, 0.1) is 5.82 Å². The molecule has 3 rings (SSSR count). The van der Waals surface area contributed by atoms with Crippen molar-refractivity contribution in [1.82, 2.24) is 9.38 Å². The lowest BCUT2D eigenvalue weighted by atomic mass is 10.3. The fourth-order valence-electron chi connectivity index (χ4n) is 1.66. The van der Waals surface area contributed by atoms with E-state index in [1.165, 1.54) is 16.7 Å². The van der Waals surface area contributed by atoms with Gasteiger partial charge in [-0.1, -0.05) is 0 Å². The molecule has 0 saturated carbocycles. The molecule has 86 valence electrons. The summed E-state index contributed by atoms with van der Waals surface area (Å²) in [4.78, 5) is 4.29. The molecule has 0 fully saturated rings. The summed E-state index contributed by atoms with van der Waals surface area (Å²) in [7, 11) is 0. The maximum Gasteiger partial charge on any atom is 0.169 e. The van der Waals surface area contributed by atoms with Gasteiger partial charge >= 0.3 is 0 Å². The summed E-state index contributed by atoms with van der Waals surface area (Å²) < 4.78 is 20.6. The molecule has 0 aliphatic carbocycles. The Labute approximate surface area is 104 Å². The molecule has 0 amide bonds. The first-order valence-electron chi connectivity index (χ1n) is 4.84. The zero-order valence-electron chi connectivity index (χ0n) is 8.52. The molecule has 0 radical (unpaired) electrons. The van der Waals surface area contributed by atoms with Gasteiger partial charge in [0.05, 0.1) is 0 Å². The molecule has 2 N–H and O–H groups in total. The second kappa shape index (κ2) is 3.59. The van der Waals surface area contributed by atoms with Crippen LogP contribution in [0.2, 0.25) is 0 Å². The molecule has 3 aromatic rings. The zero-order chi connectivity index (χ0) is 12.0. The maximum atomic E-state index is 13.1. The number of halogens is 2. The first-order chi connectivity index (χ1) is 8.15. The molecule has 0 aromatic carbocycles. The van der Waals surface area contributed by atoms with Crippen molar-refractivity contribution in [2.45, 2.75) is 0 Å². The second-order valence-electron chi connectivity index (χ2n) is 3.52. The summed E-state index contributed by atoms with van der Waals surface area (Å²) in [5, 5.41) is 0. The van der Waals surface area contributed by atoms with Crippen molar-refractivity contribution in [3.8, 4) is 11.5 Å². The third-order valence-electron chi connectivity index (χ3n) is 2.43. The van der Waals surface area contributed by atoms with E-state index in [0.29, 0.717) is 27.6 Å². The van der Waals surface area contributed by atoms with Crippen LogP contribution in [0.3, 0.4) is 0 Å². The predicted octanol–water partition coefficient (Wildman–Crippen LogP) is 3.08. The molecule has 4 nitrogen and oxygen atoms in total. The number of fused-ring (bicyclic) bond motifs is 1. The van der Waals surface area contributed by atoms with Gasteiger partial charge in [-0.15, -0.1) is 0 Å². The Morgan fingerprint density at radius 2 is 2.12 bits per heavy atom. The molecule has 0 spiro atoms. The minimum atomic E-state index is -0.367. The van der Waals surface area contributed by atoms with Gasteiger partial charge in [0.2, 0.25) is 0 Å². The van der Waals surface area contributed by atoms with Gasteiger partial charge in [0.25, 0.3) is 0 Å². The Hall–Kier alpha value is -1.82. The minimum Gasteiger partial charge on any atom is -0.448 e. The molecule has 6 heteroatoms. The van der Waals surface area contributed by atoms with Crippen molar-refractivity contribution in [2.75, 3.05) is 5.73 Å². The molecule has 0 aliphatic heterocycles. The summed E-state index contributed by atoms with van der Waals surface area (Å²) in [6.07, 6.45) is 1.29. The monoisotopic (exact) mass is 295 g/mol. The lowest BCUT2D eigenvalue weighted by Crippen LogP contribution is -1.94. The fraction of sp³-hybridized carbons (Fsp3) is 0. The van der Waals surface area contributed by atoms with Crippen molar-refractivity contribution in [2.24, 2.45) is 0 Å². The molecular weight excluding hydrogens is 289 g/mol. The van der Waals surface area contributed by atoms with E-state index in [1.807, 2.05) is 0 Å². The van der Waals surface area contributed by atoms with E-state index in [4.69, 9.17) is 10.2 Å². The van der Waals surface area contributed by atoms with Gasteiger partial charge in [-0.2, -0.15) is 0 Å². The van der Waals surface area contributed by atoms with Gasteiger partial charge in [0.15, 0.2) is 10.4 Å². The second-order valence-corrected chi connectivity index (χ2v) is 4.31. The third kappa shape index (κ3) is 1.61. The highest BCUT2D eigenvalue weighted by Crippen LogP contribution is 2.29. The van der Waals surface area contributed by atoms with Crippen molar-refractivity contribution in [3.63, 3.8) is 0 Å². The van der Waals surface area contributed by atoms with Gasteiger partial charge in [0.1, 0.15) is 23.0 Å². The van der Waals surface area contributed by atoms with E-state index < -0.39 is 0 Å². The van der Waals surface area contributed by atoms with E-state index in [-0.39, 0.29) is 5.82 Å². The van der Waals surface area contributed by atoms with Crippen molar-refractivity contribution >= 4 is 27.4 Å². The number of nitrogens with zero attached hydrogens (tertiary/aromatic N) is 2. The highest BCUT2D eigenvalue weighted by Gasteiger charge is 2.14. The van der Waals surface area contributed by atoms with Gasteiger partial charge in [-0.05, 0) is 40.2 Å². The molecule has 0 unspecified atom stereocenters.